The molecule has 0 aliphatic carbocycles. The summed E-state index contributed by atoms with van der Waals surface area (Å²) in [5.41, 5.74) is 5.19. The Labute approximate surface area is 171 Å². The highest BCUT2D eigenvalue weighted by atomic mass is 79.9. The fraction of sp³-hybridized carbons (Fsp3) is 0.0870. The van der Waals surface area contributed by atoms with Gasteiger partial charge >= 0.3 is 0 Å². The van der Waals surface area contributed by atoms with Crippen LogP contribution in [0.4, 0.5) is 0 Å². The van der Waals surface area contributed by atoms with Crippen molar-refractivity contribution >= 4 is 32.7 Å². The molecular weight excluding hydrogens is 414 g/mol. The van der Waals surface area contributed by atoms with Gasteiger partial charge in [0.2, 0.25) is 0 Å². The van der Waals surface area contributed by atoms with Crippen LogP contribution >= 0.6 is 15.9 Å². The molecule has 0 saturated carbocycles. The number of hydrogen-bond acceptors (Lipinski definition) is 3. The maximum absolute atomic E-state index is 13.0. The van der Waals surface area contributed by atoms with Gasteiger partial charge in [0, 0.05) is 34.4 Å². The molecule has 0 unspecified atom stereocenters. The third-order valence-electron chi connectivity index (χ3n) is 4.51. The van der Waals surface area contributed by atoms with Gasteiger partial charge in [0.1, 0.15) is 0 Å². The van der Waals surface area contributed by atoms with Crippen molar-refractivity contribution in [2.75, 3.05) is 0 Å². The van der Waals surface area contributed by atoms with E-state index in [1.165, 1.54) is 0 Å². The SMILES string of the molecule is Cc1ccc2nc(-c3cccc(Br)c3)cc(C(=O)NCc3cccnc3)c2c1. The number of fused-ring (bicyclic) bond motifs is 1. The van der Waals surface area contributed by atoms with E-state index in [0.29, 0.717) is 12.1 Å². The van der Waals surface area contributed by atoms with Crippen molar-refractivity contribution in [1.29, 1.82) is 0 Å². The van der Waals surface area contributed by atoms with E-state index in [1.54, 1.807) is 12.4 Å². The van der Waals surface area contributed by atoms with Crippen LogP contribution in [0.2, 0.25) is 0 Å². The topological polar surface area (TPSA) is 54.9 Å². The van der Waals surface area contributed by atoms with Crippen molar-refractivity contribution in [2.45, 2.75) is 13.5 Å². The standard InChI is InChI=1S/C23H18BrN3O/c1-15-7-8-21-19(10-15)20(23(28)26-14-16-4-3-9-25-13-16)12-22(27-21)17-5-2-6-18(24)11-17/h2-13H,14H2,1H3,(H,26,28). The largest absolute Gasteiger partial charge is 0.348 e. The summed E-state index contributed by atoms with van der Waals surface area (Å²) in [7, 11) is 0. The van der Waals surface area contributed by atoms with Crippen LogP contribution in [0.1, 0.15) is 21.5 Å². The van der Waals surface area contributed by atoms with Gasteiger partial charge < -0.3 is 5.32 Å². The Bertz CT molecular complexity index is 1160. The van der Waals surface area contributed by atoms with E-state index in [-0.39, 0.29) is 5.91 Å². The number of nitrogens with zero attached hydrogens (tertiary/aromatic N) is 2. The monoisotopic (exact) mass is 431 g/mol. The summed E-state index contributed by atoms with van der Waals surface area (Å²) in [6.45, 7) is 2.44. The van der Waals surface area contributed by atoms with Crippen LogP contribution in [0.5, 0.6) is 0 Å². The Morgan fingerprint density at radius 1 is 1.07 bits per heavy atom. The Kier molecular flexibility index (Phi) is 5.17. The molecule has 0 fully saturated rings. The number of aryl methyl sites for hydroxylation is 1. The highest BCUT2D eigenvalue weighted by Gasteiger charge is 2.14. The molecule has 138 valence electrons. The molecule has 1 amide bonds. The Balaban J connectivity index is 1.76. The number of halogens is 1. The van der Waals surface area contributed by atoms with Gasteiger partial charge in [0.05, 0.1) is 16.8 Å². The average Bonchev–Trinajstić information content (AvgIpc) is 2.72. The van der Waals surface area contributed by atoms with Crippen molar-refractivity contribution in [3.63, 3.8) is 0 Å². The zero-order valence-electron chi connectivity index (χ0n) is 15.3. The molecule has 2 heterocycles. The van der Waals surface area contributed by atoms with E-state index in [0.717, 1.165) is 37.8 Å². The predicted molar refractivity (Wildman–Crippen MR) is 115 cm³/mol. The number of hydrogen-bond donors (Lipinski definition) is 1. The molecule has 0 atom stereocenters. The first kappa shape index (κ1) is 18.3. The molecule has 0 aliphatic heterocycles. The van der Waals surface area contributed by atoms with E-state index in [1.807, 2.05) is 67.6 Å². The van der Waals surface area contributed by atoms with Crippen molar-refractivity contribution in [1.82, 2.24) is 15.3 Å². The summed E-state index contributed by atoms with van der Waals surface area (Å²) < 4.78 is 0.971. The van der Waals surface area contributed by atoms with Crippen molar-refractivity contribution in [3.8, 4) is 11.3 Å². The van der Waals surface area contributed by atoms with Crippen LogP contribution in [0, 0.1) is 6.92 Å². The number of pyridine rings is 2. The van der Waals surface area contributed by atoms with E-state index in [4.69, 9.17) is 4.98 Å². The lowest BCUT2D eigenvalue weighted by Gasteiger charge is -2.11. The molecule has 5 heteroatoms. The zero-order chi connectivity index (χ0) is 19.5. The first-order valence-corrected chi connectivity index (χ1v) is 9.74. The number of amides is 1. The molecular formula is C23H18BrN3O. The summed E-state index contributed by atoms with van der Waals surface area (Å²) >= 11 is 3.50. The molecule has 4 nitrogen and oxygen atoms in total. The molecule has 28 heavy (non-hydrogen) atoms. The molecule has 2 aromatic carbocycles. The summed E-state index contributed by atoms with van der Waals surface area (Å²) in [5, 5.41) is 3.85. The van der Waals surface area contributed by atoms with Gasteiger partial charge in [0.15, 0.2) is 0 Å². The summed E-state index contributed by atoms with van der Waals surface area (Å²) in [6, 6.07) is 19.6. The van der Waals surface area contributed by atoms with Crippen molar-refractivity contribution in [2.24, 2.45) is 0 Å². The Morgan fingerprint density at radius 3 is 2.75 bits per heavy atom. The predicted octanol–water partition coefficient (Wildman–Crippen LogP) is 5.30. The highest BCUT2D eigenvalue weighted by Crippen LogP contribution is 2.27. The highest BCUT2D eigenvalue weighted by molar-refractivity contribution is 9.10. The normalized spacial score (nSPS) is 10.8. The minimum absolute atomic E-state index is 0.127. The summed E-state index contributed by atoms with van der Waals surface area (Å²) in [6.07, 6.45) is 3.47. The van der Waals surface area contributed by atoms with Crippen LogP contribution in [0.3, 0.4) is 0 Å². The number of rotatable bonds is 4. The second-order valence-electron chi connectivity index (χ2n) is 6.63. The smallest absolute Gasteiger partial charge is 0.252 e. The zero-order valence-corrected chi connectivity index (χ0v) is 16.9. The van der Waals surface area contributed by atoms with Crippen molar-refractivity contribution in [3.05, 3.63) is 94.2 Å². The molecule has 1 N–H and O–H groups in total. The van der Waals surface area contributed by atoms with E-state index in [2.05, 4.69) is 26.2 Å². The van der Waals surface area contributed by atoms with Gasteiger partial charge in [-0.05, 0) is 48.9 Å². The molecule has 0 spiro atoms. The number of carbonyl (C=O) groups is 1. The average molecular weight is 432 g/mol. The quantitative estimate of drug-likeness (QED) is 0.476. The van der Waals surface area contributed by atoms with Gasteiger partial charge in [-0.25, -0.2) is 4.98 Å². The summed E-state index contributed by atoms with van der Waals surface area (Å²) in [4.78, 5) is 21.9. The maximum atomic E-state index is 13.0. The molecule has 0 radical (unpaired) electrons. The van der Waals surface area contributed by atoms with Gasteiger partial charge in [-0.2, -0.15) is 0 Å². The van der Waals surface area contributed by atoms with Gasteiger partial charge in [0.25, 0.3) is 5.91 Å². The van der Waals surface area contributed by atoms with Crippen LogP contribution in [-0.2, 0) is 6.54 Å². The van der Waals surface area contributed by atoms with Crippen LogP contribution in [0.25, 0.3) is 22.2 Å². The lowest BCUT2D eigenvalue weighted by molar-refractivity contribution is 0.0952. The van der Waals surface area contributed by atoms with Crippen LogP contribution in [0.15, 0.2) is 77.5 Å². The number of benzene rings is 2. The van der Waals surface area contributed by atoms with Gasteiger partial charge in [-0.3, -0.25) is 9.78 Å². The molecule has 2 aromatic heterocycles. The molecule has 0 aliphatic rings. The molecule has 4 rings (SSSR count). The van der Waals surface area contributed by atoms with Crippen molar-refractivity contribution < 1.29 is 4.79 Å². The molecule has 0 bridgehead atoms. The third-order valence-corrected chi connectivity index (χ3v) is 5.00. The fourth-order valence-electron chi connectivity index (χ4n) is 3.10. The first-order chi connectivity index (χ1) is 13.6. The second kappa shape index (κ2) is 7.90. The first-order valence-electron chi connectivity index (χ1n) is 8.94. The number of carbonyl (C=O) groups excluding carboxylic acids is 1. The number of aromatic nitrogens is 2. The van der Waals surface area contributed by atoms with Gasteiger partial charge in [-0.15, -0.1) is 0 Å². The van der Waals surface area contributed by atoms with E-state index in [9.17, 15) is 4.79 Å². The molecule has 4 aromatic rings. The Morgan fingerprint density at radius 2 is 1.96 bits per heavy atom. The lowest BCUT2D eigenvalue weighted by atomic mass is 10.0. The molecule has 0 saturated heterocycles. The minimum atomic E-state index is -0.127. The van der Waals surface area contributed by atoms with E-state index >= 15 is 0 Å². The number of nitrogens with one attached hydrogen (secondary N) is 1. The van der Waals surface area contributed by atoms with E-state index < -0.39 is 0 Å². The van der Waals surface area contributed by atoms with Crippen LogP contribution in [-0.4, -0.2) is 15.9 Å². The lowest BCUT2D eigenvalue weighted by Crippen LogP contribution is -2.23. The third kappa shape index (κ3) is 3.94. The minimum Gasteiger partial charge on any atom is -0.348 e. The summed E-state index contributed by atoms with van der Waals surface area (Å²) in [5.74, 6) is -0.127. The second-order valence-corrected chi connectivity index (χ2v) is 7.55. The fourth-order valence-corrected chi connectivity index (χ4v) is 3.50. The Hall–Kier alpha value is -3.05. The van der Waals surface area contributed by atoms with Crippen LogP contribution < -0.4 is 5.32 Å². The van der Waals surface area contributed by atoms with Gasteiger partial charge in [-0.1, -0.05) is 45.8 Å². The maximum Gasteiger partial charge on any atom is 0.252 e.